The highest BCUT2D eigenvalue weighted by Crippen LogP contribution is 2.31. The van der Waals surface area contributed by atoms with Crippen molar-refractivity contribution in [3.05, 3.63) is 46.6 Å². The van der Waals surface area contributed by atoms with E-state index in [0.717, 1.165) is 36.9 Å². The molecule has 1 aliphatic carbocycles. The Labute approximate surface area is 124 Å². The van der Waals surface area contributed by atoms with Gasteiger partial charge in [0.2, 0.25) is 5.88 Å². The molecule has 2 N–H and O–H groups in total. The van der Waals surface area contributed by atoms with Gasteiger partial charge in [-0.2, -0.15) is 5.26 Å². The van der Waals surface area contributed by atoms with Crippen molar-refractivity contribution in [2.24, 2.45) is 0 Å². The summed E-state index contributed by atoms with van der Waals surface area (Å²) in [4.78, 5) is 4.56. The summed E-state index contributed by atoms with van der Waals surface area (Å²) in [5, 5.41) is 9.33. The van der Waals surface area contributed by atoms with Crippen LogP contribution in [0, 0.1) is 18.3 Å². The first kappa shape index (κ1) is 13.4. The van der Waals surface area contributed by atoms with E-state index in [4.69, 9.17) is 10.5 Å². The lowest BCUT2D eigenvalue weighted by Crippen LogP contribution is -2.07. The van der Waals surface area contributed by atoms with Gasteiger partial charge in [0, 0.05) is 17.4 Å². The van der Waals surface area contributed by atoms with Crippen molar-refractivity contribution in [3.63, 3.8) is 0 Å². The molecule has 0 aliphatic heterocycles. The van der Waals surface area contributed by atoms with Crippen LogP contribution in [0.5, 0.6) is 11.6 Å². The van der Waals surface area contributed by atoms with E-state index in [2.05, 4.69) is 11.1 Å². The number of hydrogen-bond donors (Lipinski definition) is 1. The average molecular weight is 279 g/mol. The minimum absolute atomic E-state index is 0.381. The Morgan fingerprint density at radius 2 is 2.05 bits per heavy atom. The fourth-order valence-electron chi connectivity index (χ4n) is 2.60. The zero-order chi connectivity index (χ0) is 14.8. The van der Waals surface area contributed by atoms with Gasteiger partial charge in [-0.1, -0.05) is 6.07 Å². The Kier molecular flexibility index (Phi) is 3.49. The summed E-state index contributed by atoms with van der Waals surface area (Å²) in [5.41, 5.74) is 10.1. The van der Waals surface area contributed by atoms with Crippen molar-refractivity contribution in [3.8, 4) is 17.7 Å². The number of nitrogen functional groups attached to an aromatic ring is 1. The third-order valence-corrected chi connectivity index (χ3v) is 3.81. The zero-order valence-electron chi connectivity index (χ0n) is 12.0. The van der Waals surface area contributed by atoms with E-state index in [-0.39, 0.29) is 0 Å². The number of nitrogens with two attached hydrogens (primary N) is 1. The Morgan fingerprint density at radius 3 is 2.86 bits per heavy atom. The molecule has 0 unspecified atom stereocenters. The molecule has 1 aliphatic rings. The number of benzene rings is 1. The van der Waals surface area contributed by atoms with Crippen molar-refractivity contribution < 1.29 is 4.74 Å². The van der Waals surface area contributed by atoms with E-state index < -0.39 is 0 Å². The molecule has 0 atom stereocenters. The highest BCUT2D eigenvalue weighted by molar-refractivity contribution is 5.51. The highest BCUT2D eigenvalue weighted by Gasteiger charge is 2.17. The van der Waals surface area contributed by atoms with Gasteiger partial charge in [0.25, 0.3) is 0 Å². The highest BCUT2D eigenvalue weighted by atomic mass is 16.5. The van der Waals surface area contributed by atoms with Crippen molar-refractivity contribution >= 4 is 5.69 Å². The molecule has 2 aromatic rings. The van der Waals surface area contributed by atoms with Gasteiger partial charge in [0.1, 0.15) is 17.4 Å². The summed E-state index contributed by atoms with van der Waals surface area (Å²) >= 11 is 0. The van der Waals surface area contributed by atoms with Gasteiger partial charge < -0.3 is 10.5 Å². The van der Waals surface area contributed by atoms with Crippen LogP contribution in [0.15, 0.2) is 24.3 Å². The van der Waals surface area contributed by atoms with E-state index in [1.54, 1.807) is 6.07 Å². The van der Waals surface area contributed by atoms with Crippen LogP contribution in [-0.4, -0.2) is 4.98 Å². The molecule has 4 nitrogen and oxygen atoms in total. The van der Waals surface area contributed by atoms with Crippen LogP contribution >= 0.6 is 0 Å². The number of hydrogen-bond acceptors (Lipinski definition) is 4. The SMILES string of the molecule is Cc1ccc(N)cc1Oc1nc2c(cc1C#N)CCCC2. The number of nitrogens with zero attached hydrogens (tertiary/aromatic N) is 2. The summed E-state index contributed by atoms with van der Waals surface area (Å²) < 4.78 is 5.86. The predicted octanol–water partition coefficient (Wildman–Crippen LogP) is 3.52. The van der Waals surface area contributed by atoms with Crippen molar-refractivity contribution in [1.29, 1.82) is 5.26 Å². The van der Waals surface area contributed by atoms with E-state index in [9.17, 15) is 5.26 Å². The van der Waals surface area contributed by atoms with Gasteiger partial charge in [-0.15, -0.1) is 0 Å². The maximum atomic E-state index is 9.33. The first-order chi connectivity index (χ1) is 10.2. The van der Waals surface area contributed by atoms with Crippen LogP contribution < -0.4 is 10.5 Å². The molecular weight excluding hydrogens is 262 g/mol. The first-order valence-electron chi connectivity index (χ1n) is 7.14. The van der Waals surface area contributed by atoms with Crippen molar-refractivity contribution in [2.75, 3.05) is 5.73 Å². The van der Waals surface area contributed by atoms with Gasteiger partial charge in [0.05, 0.1) is 0 Å². The lowest BCUT2D eigenvalue weighted by molar-refractivity contribution is 0.453. The first-order valence-corrected chi connectivity index (χ1v) is 7.14. The van der Waals surface area contributed by atoms with Crippen LogP contribution in [0.1, 0.15) is 35.2 Å². The zero-order valence-corrected chi connectivity index (χ0v) is 12.0. The smallest absolute Gasteiger partial charge is 0.237 e. The minimum Gasteiger partial charge on any atom is -0.437 e. The number of ether oxygens (including phenoxy) is 1. The molecule has 1 aromatic heterocycles. The van der Waals surface area contributed by atoms with Gasteiger partial charge in [-0.3, -0.25) is 0 Å². The molecule has 0 amide bonds. The minimum atomic E-state index is 0.381. The number of aromatic nitrogens is 1. The van der Waals surface area contributed by atoms with E-state index in [1.165, 1.54) is 5.56 Å². The summed E-state index contributed by atoms with van der Waals surface area (Å²) in [5.74, 6) is 1.03. The third-order valence-electron chi connectivity index (χ3n) is 3.81. The number of anilines is 1. The quantitative estimate of drug-likeness (QED) is 0.854. The standard InChI is InChI=1S/C17H17N3O/c1-11-6-7-14(19)9-16(11)21-17-13(10-18)8-12-4-2-3-5-15(12)20-17/h6-9H,2-5,19H2,1H3. The fourth-order valence-corrected chi connectivity index (χ4v) is 2.60. The summed E-state index contributed by atoms with van der Waals surface area (Å²) in [6, 6.07) is 9.58. The molecule has 0 spiro atoms. The molecule has 0 fully saturated rings. The Bertz CT molecular complexity index is 732. The van der Waals surface area contributed by atoms with Gasteiger partial charge in [-0.25, -0.2) is 4.98 Å². The molecule has 3 rings (SSSR count). The van der Waals surface area contributed by atoms with Crippen molar-refractivity contribution in [1.82, 2.24) is 4.98 Å². The Balaban J connectivity index is 2.02. The molecule has 1 heterocycles. The monoisotopic (exact) mass is 279 g/mol. The van der Waals surface area contributed by atoms with Crippen LogP contribution in [0.3, 0.4) is 0 Å². The number of aryl methyl sites for hydroxylation is 3. The van der Waals surface area contributed by atoms with Gasteiger partial charge >= 0.3 is 0 Å². The Hall–Kier alpha value is -2.54. The maximum Gasteiger partial charge on any atom is 0.237 e. The molecule has 0 radical (unpaired) electrons. The molecule has 4 heteroatoms. The molecular formula is C17H17N3O. The van der Waals surface area contributed by atoms with Crippen molar-refractivity contribution in [2.45, 2.75) is 32.6 Å². The summed E-state index contributed by atoms with van der Waals surface area (Å²) in [6.45, 7) is 1.94. The second kappa shape index (κ2) is 5.45. The lowest BCUT2D eigenvalue weighted by Gasteiger charge is -2.17. The molecule has 0 saturated carbocycles. The number of rotatable bonds is 2. The number of nitriles is 1. The van der Waals surface area contributed by atoms with E-state index in [0.29, 0.717) is 22.9 Å². The van der Waals surface area contributed by atoms with Crippen LogP contribution in [0.2, 0.25) is 0 Å². The lowest BCUT2D eigenvalue weighted by atomic mass is 9.95. The van der Waals surface area contributed by atoms with E-state index >= 15 is 0 Å². The summed E-state index contributed by atoms with van der Waals surface area (Å²) in [6.07, 6.45) is 4.25. The molecule has 1 aromatic carbocycles. The Morgan fingerprint density at radius 1 is 1.24 bits per heavy atom. The van der Waals surface area contributed by atoms with Crippen LogP contribution in [0.25, 0.3) is 0 Å². The number of pyridine rings is 1. The second-order valence-corrected chi connectivity index (χ2v) is 5.39. The predicted molar refractivity (Wildman–Crippen MR) is 81.3 cm³/mol. The third kappa shape index (κ3) is 2.68. The van der Waals surface area contributed by atoms with Gasteiger partial charge in [-0.05, 0) is 55.9 Å². The van der Waals surface area contributed by atoms with Crippen LogP contribution in [0.4, 0.5) is 5.69 Å². The normalized spacial score (nSPS) is 13.3. The topological polar surface area (TPSA) is 71.9 Å². The molecule has 106 valence electrons. The number of fused-ring (bicyclic) bond motifs is 1. The maximum absolute atomic E-state index is 9.33. The van der Waals surface area contributed by atoms with E-state index in [1.807, 2.05) is 25.1 Å². The fraction of sp³-hybridized carbons (Fsp3) is 0.294. The summed E-state index contributed by atoms with van der Waals surface area (Å²) in [7, 11) is 0. The van der Waals surface area contributed by atoms with Gasteiger partial charge in [0.15, 0.2) is 0 Å². The molecule has 0 saturated heterocycles. The largest absolute Gasteiger partial charge is 0.437 e. The average Bonchev–Trinajstić information content (AvgIpc) is 2.50. The van der Waals surface area contributed by atoms with Crippen LogP contribution in [-0.2, 0) is 12.8 Å². The molecule has 21 heavy (non-hydrogen) atoms. The molecule has 0 bridgehead atoms. The second-order valence-electron chi connectivity index (χ2n) is 5.39.